The number of benzene rings is 1. The summed E-state index contributed by atoms with van der Waals surface area (Å²) in [5, 5.41) is 6.50. The van der Waals surface area contributed by atoms with Gasteiger partial charge in [0.25, 0.3) is 0 Å². The van der Waals surface area contributed by atoms with Gasteiger partial charge in [-0.05, 0) is 54.5 Å². The zero-order chi connectivity index (χ0) is 18.1. The summed E-state index contributed by atoms with van der Waals surface area (Å²) in [5.74, 6) is 1.90. The number of aromatic nitrogens is 1. The summed E-state index contributed by atoms with van der Waals surface area (Å²) in [6.45, 7) is 0.727. The van der Waals surface area contributed by atoms with Gasteiger partial charge in [-0.3, -0.25) is 0 Å². The molecule has 2 N–H and O–H groups in total. The van der Waals surface area contributed by atoms with Crippen LogP contribution < -0.4 is 15.4 Å². The third kappa shape index (κ3) is 3.81. The highest BCUT2D eigenvalue weighted by atomic mass is 32.2. The van der Waals surface area contributed by atoms with Crippen LogP contribution >= 0.6 is 12.2 Å². The second-order valence-electron chi connectivity index (χ2n) is 6.53. The molecular formula is C18H19N3O3S2. The normalized spacial score (nSPS) is 20.2. The fraction of sp³-hybridized carbons (Fsp3) is 0.333. The molecule has 0 amide bonds. The van der Waals surface area contributed by atoms with E-state index < -0.39 is 9.84 Å². The highest BCUT2D eigenvalue weighted by Crippen LogP contribution is 2.30. The average Bonchev–Trinajstić information content (AvgIpc) is 3.20. The van der Waals surface area contributed by atoms with E-state index in [-0.39, 0.29) is 17.5 Å². The summed E-state index contributed by atoms with van der Waals surface area (Å²) in [7, 11) is -2.94. The maximum absolute atomic E-state index is 11.5. The minimum absolute atomic E-state index is 0.124. The number of fused-ring (bicyclic) bond motifs is 1. The Kier molecular flexibility index (Phi) is 4.54. The predicted molar refractivity (Wildman–Crippen MR) is 105 cm³/mol. The van der Waals surface area contributed by atoms with E-state index in [1.165, 1.54) is 5.56 Å². The molecule has 1 aromatic carbocycles. The van der Waals surface area contributed by atoms with Crippen molar-refractivity contribution in [2.45, 2.75) is 18.9 Å². The van der Waals surface area contributed by atoms with Crippen molar-refractivity contribution in [2.24, 2.45) is 0 Å². The number of nitrogens with one attached hydrogen (secondary N) is 2. The highest BCUT2D eigenvalue weighted by Gasteiger charge is 2.28. The van der Waals surface area contributed by atoms with Gasteiger partial charge in [0.15, 0.2) is 14.9 Å². The van der Waals surface area contributed by atoms with E-state index in [0.717, 1.165) is 30.0 Å². The fourth-order valence-corrected chi connectivity index (χ4v) is 5.20. The van der Waals surface area contributed by atoms with E-state index >= 15 is 0 Å². The molecule has 0 bridgehead atoms. The van der Waals surface area contributed by atoms with Gasteiger partial charge in [0.1, 0.15) is 11.6 Å². The Morgan fingerprint density at radius 1 is 1.27 bits per heavy atom. The van der Waals surface area contributed by atoms with Crippen LogP contribution in [0.3, 0.4) is 0 Å². The van der Waals surface area contributed by atoms with Gasteiger partial charge in [0.2, 0.25) is 0 Å². The van der Waals surface area contributed by atoms with Gasteiger partial charge in [0, 0.05) is 18.0 Å². The van der Waals surface area contributed by atoms with Crippen molar-refractivity contribution in [3.8, 4) is 17.0 Å². The molecule has 0 radical (unpaired) electrons. The molecule has 1 fully saturated rings. The Bertz CT molecular complexity index is 960. The molecule has 0 saturated carbocycles. The largest absolute Gasteiger partial charge is 0.493 e. The lowest BCUT2D eigenvalue weighted by Gasteiger charge is -2.15. The minimum Gasteiger partial charge on any atom is -0.493 e. The van der Waals surface area contributed by atoms with Crippen molar-refractivity contribution in [1.82, 2.24) is 10.3 Å². The molecule has 1 atom stereocenters. The third-order valence-electron chi connectivity index (χ3n) is 4.54. The Labute approximate surface area is 157 Å². The van der Waals surface area contributed by atoms with E-state index in [1.54, 1.807) is 0 Å². The number of anilines is 1. The summed E-state index contributed by atoms with van der Waals surface area (Å²) >= 11 is 5.30. The predicted octanol–water partition coefficient (Wildman–Crippen LogP) is 2.16. The molecule has 4 rings (SSSR count). The summed E-state index contributed by atoms with van der Waals surface area (Å²) < 4.78 is 28.6. The Morgan fingerprint density at radius 3 is 2.96 bits per heavy atom. The van der Waals surface area contributed by atoms with Crippen LogP contribution in [-0.4, -0.2) is 42.7 Å². The highest BCUT2D eigenvalue weighted by molar-refractivity contribution is 7.91. The smallest absolute Gasteiger partial charge is 0.172 e. The molecule has 3 heterocycles. The van der Waals surface area contributed by atoms with Crippen LogP contribution in [-0.2, 0) is 16.3 Å². The molecular weight excluding hydrogens is 370 g/mol. The van der Waals surface area contributed by atoms with Crippen molar-refractivity contribution < 1.29 is 13.2 Å². The molecule has 2 aromatic rings. The van der Waals surface area contributed by atoms with Gasteiger partial charge >= 0.3 is 0 Å². The van der Waals surface area contributed by atoms with Gasteiger partial charge in [-0.25, -0.2) is 13.4 Å². The molecule has 8 heteroatoms. The maximum atomic E-state index is 11.5. The SMILES string of the molecule is O=S1(=O)CCC(NC(=S)Nc2cccc(-c3ccc4c(c3)CCO4)n2)C1. The van der Waals surface area contributed by atoms with Crippen molar-refractivity contribution in [3.05, 3.63) is 42.0 Å². The number of thiocarbonyl (C=S) groups is 1. The Hall–Kier alpha value is -2.19. The second kappa shape index (κ2) is 6.85. The number of pyridine rings is 1. The molecule has 2 aliphatic heterocycles. The number of rotatable bonds is 3. The molecule has 2 aliphatic rings. The van der Waals surface area contributed by atoms with Gasteiger partial charge in [-0.2, -0.15) is 0 Å². The van der Waals surface area contributed by atoms with Crippen molar-refractivity contribution in [3.63, 3.8) is 0 Å². The first kappa shape index (κ1) is 17.2. The van der Waals surface area contributed by atoms with Gasteiger partial charge in [0.05, 0.1) is 23.8 Å². The van der Waals surface area contributed by atoms with Crippen LogP contribution in [0.4, 0.5) is 5.82 Å². The van der Waals surface area contributed by atoms with Crippen molar-refractivity contribution in [2.75, 3.05) is 23.4 Å². The molecule has 1 unspecified atom stereocenters. The number of hydrogen-bond donors (Lipinski definition) is 2. The quantitative estimate of drug-likeness (QED) is 0.779. The van der Waals surface area contributed by atoms with Crippen molar-refractivity contribution >= 4 is 33.0 Å². The van der Waals surface area contributed by atoms with E-state index in [1.807, 2.05) is 30.3 Å². The van der Waals surface area contributed by atoms with E-state index in [0.29, 0.717) is 17.4 Å². The van der Waals surface area contributed by atoms with Crippen LogP contribution in [0, 0.1) is 0 Å². The van der Waals surface area contributed by atoms with Gasteiger partial charge in [-0.1, -0.05) is 6.07 Å². The van der Waals surface area contributed by atoms with E-state index in [9.17, 15) is 8.42 Å². The monoisotopic (exact) mass is 389 g/mol. The lowest BCUT2D eigenvalue weighted by molar-refractivity contribution is 0.357. The van der Waals surface area contributed by atoms with Crippen LogP contribution in [0.15, 0.2) is 36.4 Å². The Morgan fingerprint density at radius 2 is 2.15 bits per heavy atom. The third-order valence-corrected chi connectivity index (χ3v) is 6.53. The minimum atomic E-state index is -2.94. The number of hydrogen-bond acceptors (Lipinski definition) is 5. The standard InChI is InChI=1S/C18H19N3O3S2/c22-26(23)9-7-14(11-26)19-18(25)21-17-3-1-2-15(20-17)12-4-5-16-13(10-12)6-8-24-16/h1-5,10,14H,6-9,11H2,(H2,19,20,21,25). The number of ether oxygens (including phenoxy) is 1. The van der Waals surface area contributed by atoms with Gasteiger partial charge in [-0.15, -0.1) is 0 Å². The first-order valence-electron chi connectivity index (χ1n) is 8.50. The molecule has 6 nitrogen and oxygen atoms in total. The lowest BCUT2D eigenvalue weighted by Crippen LogP contribution is -2.38. The molecule has 1 aromatic heterocycles. The molecule has 0 aliphatic carbocycles. The summed E-state index contributed by atoms with van der Waals surface area (Å²) in [6.07, 6.45) is 1.49. The molecule has 0 spiro atoms. The van der Waals surface area contributed by atoms with Crippen LogP contribution in [0.1, 0.15) is 12.0 Å². The molecule has 26 heavy (non-hydrogen) atoms. The van der Waals surface area contributed by atoms with E-state index in [4.69, 9.17) is 17.0 Å². The van der Waals surface area contributed by atoms with E-state index in [2.05, 4.69) is 21.7 Å². The second-order valence-corrected chi connectivity index (χ2v) is 9.16. The van der Waals surface area contributed by atoms with Crippen LogP contribution in [0.2, 0.25) is 0 Å². The Balaban J connectivity index is 1.45. The topological polar surface area (TPSA) is 80.3 Å². The first-order valence-corrected chi connectivity index (χ1v) is 10.7. The molecule has 136 valence electrons. The summed E-state index contributed by atoms with van der Waals surface area (Å²) in [4.78, 5) is 4.61. The average molecular weight is 390 g/mol. The van der Waals surface area contributed by atoms with Crippen LogP contribution in [0.5, 0.6) is 5.75 Å². The molecule has 1 saturated heterocycles. The summed E-state index contributed by atoms with van der Waals surface area (Å²) in [6, 6.07) is 11.6. The zero-order valence-corrected chi connectivity index (χ0v) is 15.7. The van der Waals surface area contributed by atoms with Crippen molar-refractivity contribution in [1.29, 1.82) is 0 Å². The van der Waals surface area contributed by atoms with Crippen LogP contribution in [0.25, 0.3) is 11.3 Å². The lowest BCUT2D eigenvalue weighted by atomic mass is 10.1. The number of sulfone groups is 1. The maximum Gasteiger partial charge on any atom is 0.172 e. The van der Waals surface area contributed by atoms with Gasteiger partial charge < -0.3 is 15.4 Å². The zero-order valence-electron chi connectivity index (χ0n) is 14.1. The first-order chi connectivity index (χ1) is 12.5. The summed E-state index contributed by atoms with van der Waals surface area (Å²) in [5.41, 5.74) is 3.07. The fourth-order valence-electron chi connectivity index (χ4n) is 3.26. The number of nitrogens with zero attached hydrogens (tertiary/aromatic N) is 1.